The molecule has 0 saturated heterocycles. The van der Waals surface area contributed by atoms with E-state index in [2.05, 4.69) is 0 Å². The summed E-state index contributed by atoms with van der Waals surface area (Å²) in [6.45, 7) is 0. The van der Waals surface area contributed by atoms with Crippen LogP contribution in [-0.2, 0) is 0 Å². The van der Waals surface area contributed by atoms with Gasteiger partial charge >= 0.3 is 0 Å². The summed E-state index contributed by atoms with van der Waals surface area (Å²) in [7, 11) is 0. The first-order valence-corrected chi connectivity index (χ1v) is 4.32. The van der Waals surface area contributed by atoms with E-state index >= 15 is 0 Å². The average Bonchev–Trinajstić information content (AvgIpc) is 2.26. The van der Waals surface area contributed by atoms with Crippen LogP contribution in [0, 0.1) is 20.2 Å². The van der Waals surface area contributed by atoms with Gasteiger partial charge in [-0.05, 0) is 6.07 Å². The first-order valence-electron chi connectivity index (χ1n) is 4.32. The second-order valence-electron chi connectivity index (χ2n) is 3.13. The van der Waals surface area contributed by atoms with Gasteiger partial charge in [-0.15, -0.1) is 0 Å². The van der Waals surface area contributed by atoms with Crippen molar-refractivity contribution < 1.29 is 19.4 Å². The van der Waals surface area contributed by atoms with Gasteiger partial charge in [0, 0.05) is 0 Å². The SMILES string of the molecule is NC(=O)c1cc(C(N)=O)c([N+](=O)[O-])cc1[N+](=O)[O-]. The van der Waals surface area contributed by atoms with Crippen molar-refractivity contribution in [1.82, 2.24) is 0 Å². The van der Waals surface area contributed by atoms with E-state index in [1.807, 2.05) is 0 Å². The maximum Gasteiger partial charge on any atom is 0.289 e. The molecule has 0 spiro atoms. The van der Waals surface area contributed by atoms with E-state index in [4.69, 9.17) is 11.5 Å². The maximum absolute atomic E-state index is 11.0. The molecular formula is C8H6N4O6. The molecule has 18 heavy (non-hydrogen) atoms. The van der Waals surface area contributed by atoms with Crippen molar-refractivity contribution in [3.8, 4) is 0 Å². The number of carbonyl (C=O) groups excluding carboxylic acids is 2. The zero-order valence-corrected chi connectivity index (χ0v) is 8.65. The highest BCUT2D eigenvalue weighted by molar-refractivity contribution is 6.03. The molecule has 0 aliphatic rings. The maximum atomic E-state index is 11.0. The van der Waals surface area contributed by atoms with Gasteiger partial charge in [0.15, 0.2) is 0 Å². The molecule has 0 bridgehead atoms. The molecule has 1 aromatic carbocycles. The minimum atomic E-state index is -1.20. The van der Waals surface area contributed by atoms with Crippen LogP contribution in [0.3, 0.4) is 0 Å². The molecule has 0 radical (unpaired) electrons. The lowest BCUT2D eigenvalue weighted by Gasteiger charge is -2.02. The van der Waals surface area contributed by atoms with Crippen molar-refractivity contribution in [3.63, 3.8) is 0 Å². The molecule has 0 fully saturated rings. The standard InChI is InChI=1S/C8H6N4O6/c9-7(13)3-1-4(8(10)14)6(12(17)18)2-5(3)11(15)16/h1-2H,(H2,9,13)(H2,10,14). The summed E-state index contributed by atoms with van der Waals surface area (Å²) in [5, 5.41) is 21.3. The number of nitrogens with zero attached hydrogens (tertiary/aromatic N) is 2. The van der Waals surface area contributed by atoms with Crippen LogP contribution < -0.4 is 11.5 Å². The number of primary amides is 2. The lowest BCUT2D eigenvalue weighted by atomic mass is 10.1. The van der Waals surface area contributed by atoms with Gasteiger partial charge in [-0.3, -0.25) is 29.8 Å². The molecule has 0 heterocycles. The number of carbonyl (C=O) groups is 2. The van der Waals surface area contributed by atoms with Crippen LogP contribution >= 0.6 is 0 Å². The molecule has 0 aliphatic heterocycles. The predicted molar refractivity (Wildman–Crippen MR) is 56.8 cm³/mol. The van der Waals surface area contributed by atoms with Gasteiger partial charge in [-0.2, -0.15) is 0 Å². The first kappa shape index (κ1) is 13.0. The third-order valence-electron chi connectivity index (χ3n) is 2.04. The molecule has 1 rings (SSSR count). The fourth-order valence-corrected chi connectivity index (χ4v) is 1.27. The number of nitrogens with two attached hydrogens (primary N) is 2. The number of amides is 2. The molecule has 0 atom stereocenters. The zero-order valence-electron chi connectivity index (χ0n) is 8.65. The van der Waals surface area contributed by atoms with E-state index in [-0.39, 0.29) is 0 Å². The topological polar surface area (TPSA) is 172 Å². The summed E-state index contributed by atoms with van der Waals surface area (Å²) in [5.74, 6) is -2.39. The molecular weight excluding hydrogens is 248 g/mol. The van der Waals surface area contributed by atoms with E-state index in [1.54, 1.807) is 0 Å². The summed E-state index contributed by atoms with van der Waals surface area (Å²) in [6.07, 6.45) is 0. The van der Waals surface area contributed by atoms with E-state index < -0.39 is 44.2 Å². The van der Waals surface area contributed by atoms with Crippen LogP contribution in [0.15, 0.2) is 12.1 Å². The van der Waals surface area contributed by atoms with Gasteiger partial charge in [0.1, 0.15) is 11.1 Å². The zero-order chi connectivity index (χ0) is 14.0. The first-order chi connectivity index (χ1) is 8.25. The molecule has 2 amide bonds. The minimum Gasteiger partial charge on any atom is -0.365 e. The number of nitro groups is 2. The molecule has 0 aliphatic carbocycles. The van der Waals surface area contributed by atoms with Crippen molar-refractivity contribution in [3.05, 3.63) is 43.5 Å². The third-order valence-corrected chi connectivity index (χ3v) is 2.04. The fraction of sp³-hybridized carbons (Fsp3) is 0. The summed E-state index contributed by atoms with van der Waals surface area (Å²) in [5.41, 5.74) is 6.79. The summed E-state index contributed by atoms with van der Waals surface area (Å²) >= 11 is 0. The van der Waals surface area contributed by atoms with Crippen LogP contribution in [0.4, 0.5) is 11.4 Å². The number of hydrogen-bond acceptors (Lipinski definition) is 6. The van der Waals surface area contributed by atoms with Gasteiger partial charge in [0.25, 0.3) is 23.2 Å². The Kier molecular flexibility index (Phi) is 3.22. The Balaban J connectivity index is 3.71. The van der Waals surface area contributed by atoms with Gasteiger partial charge < -0.3 is 11.5 Å². The predicted octanol–water partition coefficient (Wildman–Crippen LogP) is -0.299. The normalized spacial score (nSPS) is 9.78. The Bertz CT molecular complexity index is 483. The summed E-state index contributed by atoms with van der Waals surface area (Å²) in [6, 6.07) is 1.11. The van der Waals surface area contributed by atoms with Gasteiger partial charge in [-0.1, -0.05) is 0 Å². The number of nitro benzene ring substituents is 2. The van der Waals surface area contributed by atoms with Crippen molar-refractivity contribution in [1.29, 1.82) is 0 Å². The monoisotopic (exact) mass is 254 g/mol. The van der Waals surface area contributed by atoms with Gasteiger partial charge in [-0.25, -0.2) is 0 Å². The van der Waals surface area contributed by atoms with Crippen molar-refractivity contribution in [2.75, 3.05) is 0 Å². The number of benzene rings is 1. The summed E-state index contributed by atoms with van der Waals surface area (Å²) in [4.78, 5) is 41.2. The number of rotatable bonds is 4. The average molecular weight is 254 g/mol. The largest absolute Gasteiger partial charge is 0.365 e. The Morgan fingerprint density at radius 3 is 1.44 bits per heavy atom. The summed E-state index contributed by atoms with van der Waals surface area (Å²) < 4.78 is 0. The van der Waals surface area contributed by atoms with E-state index in [9.17, 15) is 29.8 Å². The van der Waals surface area contributed by atoms with E-state index in [1.165, 1.54) is 0 Å². The molecule has 1 aromatic rings. The molecule has 0 unspecified atom stereocenters. The van der Waals surface area contributed by atoms with Crippen LogP contribution in [0.25, 0.3) is 0 Å². The Morgan fingerprint density at radius 2 is 1.22 bits per heavy atom. The second-order valence-corrected chi connectivity index (χ2v) is 3.13. The van der Waals surface area contributed by atoms with Gasteiger partial charge in [0.05, 0.1) is 15.9 Å². The van der Waals surface area contributed by atoms with Crippen LogP contribution in [0.2, 0.25) is 0 Å². The highest BCUT2D eigenvalue weighted by Gasteiger charge is 2.28. The highest BCUT2D eigenvalue weighted by atomic mass is 16.6. The Labute approximate surface area is 98.5 Å². The van der Waals surface area contributed by atoms with Crippen molar-refractivity contribution in [2.24, 2.45) is 11.5 Å². The molecule has 94 valence electrons. The van der Waals surface area contributed by atoms with Gasteiger partial charge in [0.2, 0.25) is 0 Å². The van der Waals surface area contributed by atoms with Crippen molar-refractivity contribution >= 4 is 23.2 Å². The van der Waals surface area contributed by atoms with Crippen LogP contribution in [0.1, 0.15) is 20.7 Å². The minimum absolute atomic E-state index is 0.472. The van der Waals surface area contributed by atoms with E-state index in [0.717, 1.165) is 0 Å². The molecule has 0 saturated carbocycles. The molecule has 4 N–H and O–H groups in total. The number of hydrogen-bond donors (Lipinski definition) is 2. The van der Waals surface area contributed by atoms with E-state index in [0.29, 0.717) is 12.1 Å². The lowest BCUT2D eigenvalue weighted by Crippen LogP contribution is -2.18. The smallest absolute Gasteiger partial charge is 0.289 e. The third kappa shape index (κ3) is 2.21. The highest BCUT2D eigenvalue weighted by Crippen LogP contribution is 2.28. The van der Waals surface area contributed by atoms with Crippen molar-refractivity contribution in [2.45, 2.75) is 0 Å². The Hall–Kier alpha value is -3.04. The van der Waals surface area contributed by atoms with Crippen LogP contribution in [0.5, 0.6) is 0 Å². The quantitative estimate of drug-likeness (QED) is 0.550. The molecule has 0 aromatic heterocycles. The molecule has 10 heteroatoms. The van der Waals surface area contributed by atoms with Crippen LogP contribution in [-0.4, -0.2) is 21.7 Å². The second kappa shape index (κ2) is 4.45. The molecule has 10 nitrogen and oxygen atoms in total. The fourth-order valence-electron chi connectivity index (χ4n) is 1.27. The Morgan fingerprint density at radius 1 is 0.889 bits per heavy atom. The lowest BCUT2D eigenvalue weighted by molar-refractivity contribution is -0.394.